The average molecular weight is 314 g/mol. The van der Waals surface area contributed by atoms with Crippen LogP contribution in [0.25, 0.3) is 0 Å². The maximum atomic E-state index is 12.0. The second kappa shape index (κ2) is 8.09. The molecule has 0 aliphatic carbocycles. The van der Waals surface area contributed by atoms with Crippen LogP contribution in [-0.2, 0) is 14.3 Å². The van der Waals surface area contributed by atoms with E-state index in [1.54, 1.807) is 16.8 Å². The molecule has 4 amide bonds. The number of amides is 4. The molecule has 0 spiro atoms. The van der Waals surface area contributed by atoms with Crippen molar-refractivity contribution in [1.82, 2.24) is 20.4 Å². The molecule has 0 aromatic rings. The number of morpholine rings is 1. The summed E-state index contributed by atoms with van der Waals surface area (Å²) in [6, 6.07) is -0.537. The Balaban J connectivity index is 2.31. The van der Waals surface area contributed by atoms with Crippen molar-refractivity contribution >= 4 is 17.8 Å². The first-order chi connectivity index (χ1) is 10.2. The molecule has 1 fully saturated rings. The van der Waals surface area contributed by atoms with Crippen LogP contribution in [0.1, 0.15) is 20.8 Å². The lowest BCUT2D eigenvalue weighted by molar-refractivity contribution is -0.136. The van der Waals surface area contributed by atoms with Crippen LogP contribution in [0.2, 0.25) is 0 Å². The van der Waals surface area contributed by atoms with Gasteiger partial charge in [0, 0.05) is 18.6 Å². The third kappa shape index (κ3) is 7.37. The lowest BCUT2D eigenvalue weighted by Crippen LogP contribution is -2.51. The summed E-state index contributed by atoms with van der Waals surface area (Å²) in [5, 5.41) is 4.88. The molecule has 126 valence electrons. The van der Waals surface area contributed by atoms with Crippen LogP contribution in [0.15, 0.2) is 0 Å². The Hall–Kier alpha value is -1.67. The summed E-state index contributed by atoms with van der Waals surface area (Å²) >= 11 is 0. The quantitative estimate of drug-likeness (QED) is 0.723. The van der Waals surface area contributed by atoms with E-state index in [0.717, 1.165) is 0 Å². The molecule has 1 rings (SSSR count). The zero-order chi connectivity index (χ0) is 16.8. The van der Waals surface area contributed by atoms with Crippen molar-refractivity contribution in [3.8, 4) is 0 Å². The van der Waals surface area contributed by atoms with Gasteiger partial charge in [-0.05, 0) is 27.8 Å². The van der Waals surface area contributed by atoms with E-state index in [0.29, 0.717) is 26.3 Å². The molecule has 1 heterocycles. The van der Waals surface area contributed by atoms with Gasteiger partial charge >= 0.3 is 6.03 Å². The van der Waals surface area contributed by atoms with E-state index in [1.165, 1.54) is 0 Å². The monoisotopic (exact) mass is 314 g/mol. The standard InChI is InChI=1S/C14H26N4O4/c1-14(2,3)16-13(21)15-11(19)9-17(4)10-12(20)18-5-7-22-8-6-18/h5-10H2,1-4H3,(H2,15,16,19,21). The Morgan fingerprint density at radius 1 is 1.14 bits per heavy atom. The Labute approximate surface area is 131 Å². The SMILES string of the molecule is CN(CC(=O)NC(=O)NC(C)(C)C)CC(=O)N1CCOCC1. The van der Waals surface area contributed by atoms with Crippen LogP contribution < -0.4 is 10.6 Å². The van der Waals surface area contributed by atoms with Crippen LogP contribution in [0.3, 0.4) is 0 Å². The first-order valence-corrected chi connectivity index (χ1v) is 7.33. The molecule has 0 bridgehead atoms. The molecule has 22 heavy (non-hydrogen) atoms. The van der Waals surface area contributed by atoms with Crippen molar-refractivity contribution < 1.29 is 19.1 Å². The minimum Gasteiger partial charge on any atom is -0.378 e. The number of carbonyl (C=O) groups excluding carboxylic acids is 3. The summed E-state index contributed by atoms with van der Waals surface area (Å²) in [7, 11) is 1.67. The predicted octanol–water partition coefficient (Wildman–Crippen LogP) is -0.599. The van der Waals surface area contributed by atoms with E-state index in [2.05, 4.69) is 10.6 Å². The maximum Gasteiger partial charge on any atom is 0.321 e. The number of urea groups is 1. The molecule has 1 saturated heterocycles. The normalized spacial score (nSPS) is 15.6. The van der Waals surface area contributed by atoms with Crippen molar-refractivity contribution in [3.63, 3.8) is 0 Å². The zero-order valence-corrected chi connectivity index (χ0v) is 13.8. The van der Waals surface area contributed by atoms with E-state index in [1.807, 2.05) is 20.8 Å². The van der Waals surface area contributed by atoms with Gasteiger partial charge in [-0.1, -0.05) is 0 Å². The predicted molar refractivity (Wildman–Crippen MR) is 81.3 cm³/mol. The van der Waals surface area contributed by atoms with Crippen LogP contribution >= 0.6 is 0 Å². The smallest absolute Gasteiger partial charge is 0.321 e. The van der Waals surface area contributed by atoms with Gasteiger partial charge in [0.05, 0.1) is 26.3 Å². The second-order valence-electron chi connectivity index (χ2n) is 6.42. The number of carbonyl (C=O) groups is 3. The van der Waals surface area contributed by atoms with Crippen molar-refractivity contribution in [1.29, 1.82) is 0 Å². The Kier molecular flexibility index (Phi) is 6.76. The summed E-state index contributed by atoms with van der Waals surface area (Å²) in [5.74, 6) is -0.489. The largest absolute Gasteiger partial charge is 0.378 e. The molecule has 0 atom stereocenters. The van der Waals surface area contributed by atoms with Gasteiger partial charge in [0.1, 0.15) is 0 Å². The summed E-state index contributed by atoms with van der Waals surface area (Å²) in [6.07, 6.45) is 0. The summed E-state index contributed by atoms with van der Waals surface area (Å²) in [5.41, 5.74) is -0.414. The molecule has 0 saturated carbocycles. The van der Waals surface area contributed by atoms with E-state index in [4.69, 9.17) is 4.74 Å². The molecular formula is C14H26N4O4. The summed E-state index contributed by atoms with van der Waals surface area (Å²) in [4.78, 5) is 38.6. The average Bonchev–Trinajstić information content (AvgIpc) is 2.36. The van der Waals surface area contributed by atoms with Crippen LogP contribution in [-0.4, -0.2) is 79.6 Å². The number of hydrogen-bond acceptors (Lipinski definition) is 5. The third-order valence-electron chi connectivity index (χ3n) is 2.92. The molecule has 8 nitrogen and oxygen atoms in total. The highest BCUT2D eigenvalue weighted by Crippen LogP contribution is 1.99. The van der Waals surface area contributed by atoms with Gasteiger partial charge < -0.3 is 15.0 Å². The molecular weight excluding hydrogens is 288 g/mol. The van der Waals surface area contributed by atoms with Crippen molar-refractivity contribution in [2.45, 2.75) is 26.3 Å². The van der Waals surface area contributed by atoms with Crippen molar-refractivity contribution in [2.75, 3.05) is 46.4 Å². The molecule has 1 aliphatic heterocycles. The van der Waals surface area contributed by atoms with Crippen LogP contribution in [0.5, 0.6) is 0 Å². The highest BCUT2D eigenvalue weighted by Gasteiger charge is 2.20. The fourth-order valence-corrected chi connectivity index (χ4v) is 1.98. The maximum absolute atomic E-state index is 12.0. The first kappa shape index (κ1) is 18.4. The fraction of sp³-hybridized carbons (Fsp3) is 0.786. The van der Waals surface area contributed by atoms with Crippen LogP contribution in [0, 0.1) is 0 Å². The Bertz CT molecular complexity index is 414. The molecule has 2 N–H and O–H groups in total. The van der Waals surface area contributed by atoms with E-state index in [9.17, 15) is 14.4 Å². The van der Waals surface area contributed by atoms with Gasteiger partial charge in [0.2, 0.25) is 11.8 Å². The van der Waals surface area contributed by atoms with Crippen LogP contribution in [0.4, 0.5) is 4.79 Å². The molecule has 8 heteroatoms. The lowest BCUT2D eigenvalue weighted by atomic mass is 10.1. The fourth-order valence-electron chi connectivity index (χ4n) is 1.98. The van der Waals surface area contributed by atoms with Gasteiger partial charge in [-0.15, -0.1) is 0 Å². The molecule has 0 aromatic carbocycles. The summed E-state index contributed by atoms with van der Waals surface area (Å²) < 4.78 is 5.19. The zero-order valence-electron chi connectivity index (χ0n) is 13.8. The Morgan fingerprint density at radius 2 is 1.73 bits per heavy atom. The number of nitrogens with zero attached hydrogens (tertiary/aromatic N) is 2. The number of ether oxygens (including phenoxy) is 1. The third-order valence-corrected chi connectivity index (χ3v) is 2.92. The minimum atomic E-state index is -0.537. The van der Waals surface area contributed by atoms with Crippen molar-refractivity contribution in [2.24, 2.45) is 0 Å². The molecule has 0 unspecified atom stereocenters. The Morgan fingerprint density at radius 3 is 2.27 bits per heavy atom. The highest BCUT2D eigenvalue weighted by atomic mass is 16.5. The van der Waals surface area contributed by atoms with Crippen molar-refractivity contribution in [3.05, 3.63) is 0 Å². The second-order valence-corrected chi connectivity index (χ2v) is 6.42. The number of likely N-dealkylation sites (N-methyl/N-ethyl adjacent to an activating group) is 1. The van der Waals surface area contributed by atoms with Gasteiger partial charge in [-0.3, -0.25) is 19.8 Å². The highest BCUT2D eigenvalue weighted by molar-refractivity contribution is 5.95. The number of hydrogen-bond donors (Lipinski definition) is 2. The lowest BCUT2D eigenvalue weighted by Gasteiger charge is -2.28. The molecule has 1 aliphatic rings. The summed E-state index contributed by atoms with van der Waals surface area (Å²) in [6.45, 7) is 7.83. The number of nitrogens with one attached hydrogen (secondary N) is 2. The first-order valence-electron chi connectivity index (χ1n) is 7.33. The minimum absolute atomic E-state index is 0.0202. The number of rotatable bonds is 4. The van der Waals surface area contributed by atoms with Gasteiger partial charge in [-0.2, -0.15) is 0 Å². The van der Waals surface area contributed by atoms with Gasteiger partial charge in [-0.25, -0.2) is 4.79 Å². The molecule has 0 aromatic heterocycles. The molecule has 0 radical (unpaired) electrons. The van der Waals surface area contributed by atoms with E-state index < -0.39 is 17.5 Å². The topological polar surface area (TPSA) is 91.0 Å². The number of imide groups is 1. The van der Waals surface area contributed by atoms with E-state index in [-0.39, 0.29) is 19.0 Å². The van der Waals surface area contributed by atoms with Gasteiger partial charge in [0.25, 0.3) is 0 Å². The van der Waals surface area contributed by atoms with E-state index >= 15 is 0 Å². The van der Waals surface area contributed by atoms with Gasteiger partial charge in [0.15, 0.2) is 0 Å².